The molecular formula is C58H33BN2O2S2. The van der Waals surface area contributed by atoms with Crippen LogP contribution < -0.4 is 26.2 Å². The third-order valence-corrected chi connectivity index (χ3v) is 16.1. The number of thiophene rings is 2. The van der Waals surface area contributed by atoms with Crippen LogP contribution in [0.1, 0.15) is 0 Å². The lowest BCUT2D eigenvalue weighted by molar-refractivity contribution is 0.615. The Morgan fingerprint density at radius 3 is 1.31 bits per heavy atom. The van der Waals surface area contributed by atoms with Gasteiger partial charge in [-0.15, -0.1) is 22.7 Å². The average Bonchev–Trinajstić information content (AvgIpc) is 4.19. The number of hydrogen-bond acceptors (Lipinski definition) is 6. The van der Waals surface area contributed by atoms with E-state index in [1.165, 1.54) is 68.1 Å². The summed E-state index contributed by atoms with van der Waals surface area (Å²) >= 11 is 3.75. The molecule has 6 heterocycles. The Kier molecular flexibility index (Phi) is 7.31. The molecule has 0 fully saturated rings. The number of nitrogens with zero attached hydrogens (tertiary/aromatic N) is 2. The second kappa shape index (κ2) is 13.3. The number of anilines is 6. The summed E-state index contributed by atoms with van der Waals surface area (Å²) in [4.78, 5) is 5.20. The standard InChI is InChI=1S/C58H33BN2O2S2/c1-3-12-34(13-4-1)36-22-26-46-38(30-32-62-46)55(36)60-44-18-11-19-45-54(44)59(42-24-28-50-52(57(42)60)40-16-7-9-20-48(40)64-50)43-25-29-51-53(41-17-8-10-21-49(41)65-51)58(43)61(45)56-37(35-14-5-2-6-15-35)23-27-47-39(56)31-33-63-47/h1-33H. The van der Waals surface area contributed by atoms with Gasteiger partial charge in [0.2, 0.25) is 0 Å². The van der Waals surface area contributed by atoms with Crippen molar-refractivity contribution in [1.82, 2.24) is 0 Å². The van der Waals surface area contributed by atoms with Crippen LogP contribution in [0, 0.1) is 0 Å². The van der Waals surface area contributed by atoms with E-state index in [0.29, 0.717) is 0 Å². The van der Waals surface area contributed by atoms with Crippen molar-refractivity contribution in [2.24, 2.45) is 0 Å². The minimum Gasteiger partial charge on any atom is -0.464 e. The first-order valence-electron chi connectivity index (χ1n) is 22.0. The Labute approximate surface area is 381 Å². The van der Waals surface area contributed by atoms with Crippen molar-refractivity contribution in [1.29, 1.82) is 0 Å². The van der Waals surface area contributed by atoms with Crippen LogP contribution >= 0.6 is 22.7 Å². The van der Waals surface area contributed by atoms with Gasteiger partial charge in [-0.3, -0.25) is 0 Å². The van der Waals surface area contributed by atoms with Gasteiger partial charge < -0.3 is 18.6 Å². The van der Waals surface area contributed by atoms with Gasteiger partial charge in [-0.1, -0.05) is 115 Å². The predicted molar refractivity (Wildman–Crippen MR) is 277 cm³/mol. The third kappa shape index (κ3) is 4.86. The molecule has 0 radical (unpaired) electrons. The molecule has 0 unspecified atom stereocenters. The molecule has 0 aliphatic carbocycles. The van der Waals surface area contributed by atoms with Crippen LogP contribution in [-0.4, -0.2) is 6.71 Å². The fourth-order valence-corrected chi connectivity index (χ4v) is 13.4. The van der Waals surface area contributed by atoms with Crippen molar-refractivity contribution < 1.29 is 8.83 Å². The van der Waals surface area contributed by atoms with Gasteiger partial charge in [-0.2, -0.15) is 0 Å². The first-order valence-corrected chi connectivity index (χ1v) is 23.6. The van der Waals surface area contributed by atoms with E-state index in [1.54, 1.807) is 0 Å². The zero-order valence-corrected chi connectivity index (χ0v) is 36.3. The molecule has 0 bridgehead atoms. The molecule has 0 saturated carbocycles. The third-order valence-electron chi connectivity index (χ3n) is 13.8. The zero-order chi connectivity index (χ0) is 42.3. The van der Waals surface area contributed by atoms with Crippen LogP contribution in [0.3, 0.4) is 0 Å². The van der Waals surface area contributed by atoms with Gasteiger partial charge in [0.05, 0.1) is 35.3 Å². The Bertz CT molecular complexity index is 3850. The van der Waals surface area contributed by atoms with Crippen LogP contribution in [0.5, 0.6) is 0 Å². The van der Waals surface area contributed by atoms with Gasteiger partial charge in [0.25, 0.3) is 6.71 Å². The predicted octanol–water partition coefficient (Wildman–Crippen LogP) is 15.3. The molecule has 2 aliphatic rings. The van der Waals surface area contributed by atoms with Gasteiger partial charge in [-0.05, 0) is 100 Å². The summed E-state index contributed by atoms with van der Waals surface area (Å²) in [6.45, 7) is -0.0859. The number of fused-ring (bicyclic) bond motifs is 14. The van der Waals surface area contributed by atoms with E-state index in [-0.39, 0.29) is 6.71 Å². The van der Waals surface area contributed by atoms with Crippen molar-refractivity contribution in [3.05, 3.63) is 201 Å². The fraction of sp³-hybridized carbons (Fsp3) is 0. The molecule has 4 nitrogen and oxygen atoms in total. The SMILES string of the molecule is c1ccc(-c2ccc3occc3c2N2c3cccc4c3B(c3ccc5sc6ccccc6c5c32)c2ccc3sc5ccccc5c3c2N4c2c(-c3ccccc3)ccc3occc23)cc1. The highest BCUT2D eigenvalue weighted by molar-refractivity contribution is 7.26. The van der Waals surface area contributed by atoms with Crippen molar-refractivity contribution in [2.45, 2.75) is 0 Å². The number of rotatable bonds is 4. The largest absolute Gasteiger partial charge is 0.464 e. The Hall–Kier alpha value is -7.84. The normalized spacial score (nSPS) is 13.1. The van der Waals surface area contributed by atoms with E-state index < -0.39 is 0 Å². The van der Waals surface area contributed by atoms with Crippen LogP contribution in [0.2, 0.25) is 0 Å². The maximum Gasteiger partial charge on any atom is 0.252 e. The molecule has 7 heteroatoms. The second-order valence-electron chi connectivity index (χ2n) is 17.1. The molecule has 0 spiro atoms. The molecule has 13 aromatic rings. The van der Waals surface area contributed by atoms with Crippen LogP contribution in [-0.2, 0) is 0 Å². The maximum atomic E-state index is 6.27. The summed E-state index contributed by atoms with van der Waals surface area (Å²) in [5, 5.41) is 7.23. The quantitative estimate of drug-likeness (QED) is 0.165. The highest BCUT2D eigenvalue weighted by atomic mass is 32.1. The molecule has 0 amide bonds. The van der Waals surface area contributed by atoms with Crippen molar-refractivity contribution >= 4 is 142 Å². The molecule has 65 heavy (non-hydrogen) atoms. The lowest BCUT2D eigenvalue weighted by Crippen LogP contribution is -2.61. The van der Waals surface area contributed by atoms with E-state index in [4.69, 9.17) is 8.83 Å². The van der Waals surface area contributed by atoms with Gasteiger partial charge >= 0.3 is 0 Å². The van der Waals surface area contributed by atoms with E-state index in [2.05, 4.69) is 198 Å². The summed E-state index contributed by atoms with van der Waals surface area (Å²) in [5.74, 6) is 0. The molecule has 15 rings (SSSR count). The molecule has 0 atom stereocenters. The second-order valence-corrected chi connectivity index (χ2v) is 19.3. The molecule has 0 N–H and O–H groups in total. The van der Waals surface area contributed by atoms with Crippen molar-refractivity contribution in [3.8, 4) is 22.3 Å². The smallest absolute Gasteiger partial charge is 0.252 e. The minimum atomic E-state index is -0.0859. The van der Waals surface area contributed by atoms with Gasteiger partial charge in [0.15, 0.2) is 0 Å². The van der Waals surface area contributed by atoms with Crippen LogP contribution in [0.4, 0.5) is 34.1 Å². The molecule has 2 aliphatic heterocycles. The monoisotopic (exact) mass is 864 g/mol. The molecule has 302 valence electrons. The Morgan fingerprint density at radius 1 is 0.354 bits per heavy atom. The van der Waals surface area contributed by atoms with E-state index in [1.807, 2.05) is 35.2 Å². The zero-order valence-electron chi connectivity index (χ0n) is 34.7. The summed E-state index contributed by atoms with van der Waals surface area (Å²) in [6, 6.07) is 69.2. The van der Waals surface area contributed by atoms with E-state index in [9.17, 15) is 0 Å². The number of benzene rings is 9. The lowest BCUT2D eigenvalue weighted by atomic mass is 9.33. The maximum absolute atomic E-state index is 6.27. The topological polar surface area (TPSA) is 32.8 Å². The van der Waals surface area contributed by atoms with Gasteiger partial charge in [0.1, 0.15) is 11.2 Å². The first kappa shape index (κ1) is 35.6. The van der Waals surface area contributed by atoms with Crippen molar-refractivity contribution in [3.63, 3.8) is 0 Å². The summed E-state index contributed by atoms with van der Waals surface area (Å²) in [7, 11) is 0. The molecule has 9 aromatic carbocycles. The van der Waals surface area contributed by atoms with Crippen molar-refractivity contribution in [2.75, 3.05) is 9.80 Å². The summed E-state index contributed by atoms with van der Waals surface area (Å²) in [6.07, 6.45) is 3.67. The Balaban J connectivity index is 1.15. The highest BCUT2D eigenvalue weighted by Crippen LogP contribution is 2.55. The number of hydrogen-bond donors (Lipinski definition) is 0. The summed E-state index contributed by atoms with van der Waals surface area (Å²) < 4.78 is 17.6. The summed E-state index contributed by atoms with van der Waals surface area (Å²) in [5.41, 5.74) is 17.1. The molecule has 4 aromatic heterocycles. The van der Waals surface area contributed by atoms with E-state index >= 15 is 0 Å². The van der Waals surface area contributed by atoms with Gasteiger partial charge in [-0.25, -0.2) is 0 Å². The lowest BCUT2D eigenvalue weighted by Gasteiger charge is -2.45. The minimum absolute atomic E-state index is 0.0859. The molecular weight excluding hydrogens is 832 g/mol. The number of furan rings is 2. The fourth-order valence-electron chi connectivity index (χ4n) is 11.2. The first-order chi connectivity index (χ1) is 32.3. The van der Waals surface area contributed by atoms with Crippen LogP contribution in [0.15, 0.2) is 209 Å². The van der Waals surface area contributed by atoms with Gasteiger partial charge in [0, 0.05) is 73.6 Å². The van der Waals surface area contributed by atoms with E-state index in [0.717, 1.165) is 66.9 Å². The molecule has 0 saturated heterocycles. The van der Waals surface area contributed by atoms with Crippen LogP contribution in [0.25, 0.3) is 84.5 Å². The highest BCUT2D eigenvalue weighted by Gasteiger charge is 2.46. The average molecular weight is 865 g/mol. The Morgan fingerprint density at radius 2 is 0.815 bits per heavy atom.